The van der Waals surface area contributed by atoms with Gasteiger partial charge in [-0.05, 0) is 6.92 Å². The van der Waals surface area contributed by atoms with Crippen LogP contribution in [0.25, 0.3) is 0 Å². The largest absolute Gasteiger partial charge is 0.391 e. The van der Waals surface area contributed by atoms with E-state index >= 15 is 0 Å². The summed E-state index contributed by atoms with van der Waals surface area (Å²) in [6.07, 6.45) is -8.18. The van der Waals surface area contributed by atoms with Crippen LogP contribution in [-0.4, -0.2) is 62.3 Å². The fourth-order valence-electron chi connectivity index (χ4n) is 1.29. The predicted molar refractivity (Wildman–Crippen MR) is 40.6 cm³/mol. The molecule has 6 atom stereocenters. The van der Waals surface area contributed by atoms with Crippen LogP contribution < -0.4 is 0 Å². The van der Waals surface area contributed by atoms with Gasteiger partial charge in [0.1, 0.15) is 24.4 Å². The zero-order valence-corrected chi connectivity index (χ0v) is 7.11. The van der Waals surface area contributed by atoms with E-state index in [0.29, 0.717) is 0 Å². The second kappa shape index (κ2) is 3.87. The minimum atomic E-state index is -1.59. The summed E-state index contributed by atoms with van der Waals surface area (Å²) in [5.74, 6) is 0. The maximum Gasteiger partial charge on any atom is 0.184 e. The summed E-state index contributed by atoms with van der Waals surface area (Å²) in [6.45, 7) is 1.35. The van der Waals surface area contributed by atoms with E-state index in [1.807, 2.05) is 0 Å². The number of hydrogen-bond acceptors (Lipinski definition) is 6. The van der Waals surface area contributed by atoms with E-state index in [9.17, 15) is 10.2 Å². The van der Waals surface area contributed by atoms with Gasteiger partial charge in [-0.15, -0.1) is 0 Å². The van der Waals surface area contributed by atoms with Crippen LogP contribution in [0.15, 0.2) is 0 Å². The van der Waals surface area contributed by atoms with E-state index < -0.39 is 36.8 Å². The SMILES string of the molecule is C[C@@H](O)[C@H]1OC(O)[C@@H](O)[C@@H](O)[C@@H]1O. The van der Waals surface area contributed by atoms with Crippen molar-refractivity contribution in [1.82, 2.24) is 0 Å². The molecule has 0 aromatic carbocycles. The molecule has 6 heteroatoms. The maximum absolute atomic E-state index is 9.29. The third-order valence-corrected chi connectivity index (χ3v) is 2.10. The fraction of sp³-hybridized carbons (Fsp3) is 1.00. The molecule has 6 nitrogen and oxygen atoms in total. The molecule has 13 heavy (non-hydrogen) atoms. The minimum Gasteiger partial charge on any atom is -0.391 e. The molecule has 0 aliphatic carbocycles. The van der Waals surface area contributed by atoms with Crippen molar-refractivity contribution in [3.05, 3.63) is 0 Å². The van der Waals surface area contributed by atoms with Crippen molar-refractivity contribution in [3.8, 4) is 0 Å². The van der Waals surface area contributed by atoms with Crippen LogP contribution in [0.4, 0.5) is 0 Å². The average Bonchev–Trinajstić information content (AvgIpc) is 2.07. The lowest BCUT2D eigenvalue weighted by atomic mass is 9.96. The van der Waals surface area contributed by atoms with Gasteiger partial charge in [0.25, 0.3) is 0 Å². The summed E-state index contributed by atoms with van der Waals surface area (Å²) in [6, 6.07) is 0. The van der Waals surface area contributed by atoms with Gasteiger partial charge >= 0.3 is 0 Å². The van der Waals surface area contributed by atoms with Crippen LogP contribution in [0, 0.1) is 0 Å². The van der Waals surface area contributed by atoms with E-state index in [2.05, 4.69) is 4.74 Å². The van der Waals surface area contributed by atoms with Crippen LogP contribution in [0.1, 0.15) is 6.92 Å². The van der Waals surface area contributed by atoms with Crippen molar-refractivity contribution in [2.75, 3.05) is 0 Å². The molecule has 5 N–H and O–H groups in total. The molecule has 0 spiro atoms. The first-order valence-corrected chi connectivity index (χ1v) is 4.01. The molecule has 0 saturated carbocycles. The molecule has 1 fully saturated rings. The Morgan fingerprint density at radius 1 is 1.00 bits per heavy atom. The molecule has 1 heterocycles. The Morgan fingerprint density at radius 2 is 1.54 bits per heavy atom. The monoisotopic (exact) mass is 194 g/mol. The summed E-state index contributed by atoms with van der Waals surface area (Å²) in [4.78, 5) is 0. The molecular weight excluding hydrogens is 180 g/mol. The first-order valence-electron chi connectivity index (χ1n) is 4.01. The van der Waals surface area contributed by atoms with Crippen LogP contribution in [0.5, 0.6) is 0 Å². The zero-order valence-electron chi connectivity index (χ0n) is 7.11. The number of rotatable bonds is 1. The quantitative estimate of drug-likeness (QED) is 0.308. The summed E-state index contributed by atoms with van der Waals surface area (Å²) in [7, 11) is 0. The third kappa shape index (κ3) is 1.98. The highest BCUT2D eigenvalue weighted by atomic mass is 16.6. The Morgan fingerprint density at radius 3 is 2.00 bits per heavy atom. The van der Waals surface area contributed by atoms with E-state index in [-0.39, 0.29) is 0 Å². The molecule has 0 bridgehead atoms. The standard InChI is InChI=1S/C7H14O6/c1-2(8)6-4(10)3(9)5(11)7(12)13-6/h2-12H,1H3/t2-,3+,4+,5+,6-,7?/m1/s1. The summed E-state index contributed by atoms with van der Waals surface area (Å²) < 4.78 is 4.69. The molecule has 1 aliphatic rings. The van der Waals surface area contributed by atoms with Gasteiger partial charge in [-0.25, -0.2) is 0 Å². The molecule has 1 rings (SSSR count). The first-order chi connectivity index (χ1) is 5.95. The highest BCUT2D eigenvalue weighted by Crippen LogP contribution is 2.21. The summed E-state index contributed by atoms with van der Waals surface area (Å²) in [5.41, 5.74) is 0. The molecule has 1 saturated heterocycles. The average molecular weight is 194 g/mol. The lowest BCUT2D eigenvalue weighted by Gasteiger charge is -2.39. The van der Waals surface area contributed by atoms with Crippen molar-refractivity contribution >= 4 is 0 Å². The van der Waals surface area contributed by atoms with Gasteiger partial charge in [0, 0.05) is 0 Å². The smallest absolute Gasteiger partial charge is 0.184 e. The van der Waals surface area contributed by atoms with Crippen molar-refractivity contribution in [1.29, 1.82) is 0 Å². The Bertz CT molecular complexity index is 172. The first kappa shape index (κ1) is 10.8. The van der Waals surface area contributed by atoms with Gasteiger partial charge in [0.2, 0.25) is 0 Å². The van der Waals surface area contributed by atoms with Crippen LogP contribution in [-0.2, 0) is 4.74 Å². The molecule has 78 valence electrons. The molecule has 0 aromatic rings. The number of aliphatic hydroxyl groups excluding tert-OH is 5. The third-order valence-electron chi connectivity index (χ3n) is 2.10. The van der Waals surface area contributed by atoms with Crippen LogP contribution in [0.3, 0.4) is 0 Å². The van der Waals surface area contributed by atoms with Crippen molar-refractivity contribution in [3.63, 3.8) is 0 Å². The van der Waals surface area contributed by atoms with E-state index in [1.54, 1.807) is 0 Å². The topological polar surface area (TPSA) is 110 Å². The predicted octanol–water partition coefficient (Wildman–Crippen LogP) is -2.83. The normalized spacial score (nSPS) is 48.9. The zero-order chi connectivity index (χ0) is 10.2. The fourth-order valence-corrected chi connectivity index (χ4v) is 1.29. The summed E-state index contributed by atoms with van der Waals surface area (Å²) in [5, 5.41) is 45.6. The number of hydrogen-bond donors (Lipinski definition) is 5. The minimum absolute atomic E-state index is 1.04. The summed E-state index contributed by atoms with van der Waals surface area (Å²) >= 11 is 0. The van der Waals surface area contributed by atoms with Crippen molar-refractivity contribution < 1.29 is 30.3 Å². The second-order valence-corrected chi connectivity index (χ2v) is 3.20. The van der Waals surface area contributed by atoms with Gasteiger partial charge in [0.15, 0.2) is 6.29 Å². The van der Waals surface area contributed by atoms with Crippen LogP contribution in [0.2, 0.25) is 0 Å². The lowest BCUT2D eigenvalue weighted by molar-refractivity contribution is -0.295. The highest BCUT2D eigenvalue weighted by Gasteiger charge is 2.44. The van der Waals surface area contributed by atoms with Gasteiger partial charge < -0.3 is 30.3 Å². The van der Waals surface area contributed by atoms with Gasteiger partial charge in [-0.3, -0.25) is 0 Å². The van der Waals surface area contributed by atoms with E-state index in [1.165, 1.54) is 6.92 Å². The van der Waals surface area contributed by atoms with E-state index in [4.69, 9.17) is 15.3 Å². The molecule has 0 aromatic heterocycles. The van der Waals surface area contributed by atoms with Crippen molar-refractivity contribution in [2.24, 2.45) is 0 Å². The van der Waals surface area contributed by atoms with E-state index in [0.717, 1.165) is 0 Å². The Kier molecular flexibility index (Phi) is 3.23. The van der Waals surface area contributed by atoms with Crippen molar-refractivity contribution in [2.45, 2.75) is 43.7 Å². The molecule has 1 aliphatic heterocycles. The molecule has 0 radical (unpaired) electrons. The second-order valence-electron chi connectivity index (χ2n) is 3.20. The van der Waals surface area contributed by atoms with Crippen LogP contribution >= 0.6 is 0 Å². The molecule has 0 amide bonds. The Hall–Kier alpha value is -0.240. The van der Waals surface area contributed by atoms with Gasteiger partial charge in [-0.1, -0.05) is 0 Å². The molecule has 1 unspecified atom stereocenters. The highest BCUT2D eigenvalue weighted by molar-refractivity contribution is 4.90. The Balaban J connectivity index is 2.70. The number of ether oxygens (including phenoxy) is 1. The lowest BCUT2D eigenvalue weighted by Crippen LogP contribution is -2.60. The number of aliphatic hydroxyl groups is 5. The van der Waals surface area contributed by atoms with Gasteiger partial charge in [0.05, 0.1) is 6.10 Å². The van der Waals surface area contributed by atoms with Gasteiger partial charge in [-0.2, -0.15) is 0 Å². The Labute approximate surface area is 75.0 Å². The molecular formula is C7H14O6. The maximum atomic E-state index is 9.29.